The number of carbonyl (C=O) groups excluding carboxylic acids is 1. The highest BCUT2D eigenvalue weighted by molar-refractivity contribution is 5.99. The van der Waals surface area contributed by atoms with Crippen LogP contribution in [0.4, 0.5) is 10.1 Å². The Bertz CT molecular complexity index is 1100. The molecule has 0 saturated carbocycles. The Kier molecular flexibility index (Phi) is 5.18. The SMILES string of the molecule is CCOC(=O)c1cn2c3c(c(N4CC(C)N(C)C(C)C4)c(F)cc3c1=O)C=CC2C. The van der Waals surface area contributed by atoms with Crippen molar-refractivity contribution in [1.29, 1.82) is 0 Å². The maximum atomic E-state index is 15.5. The number of ether oxygens (including phenoxy) is 1. The largest absolute Gasteiger partial charge is 0.462 e. The first-order chi connectivity index (χ1) is 14.2. The quantitative estimate of drug-likeness (QED) is 0.722. The van der Waals surface area contributed by atoms with E-state index in [9.17, 15) is 9.59 Å². The van der Waals surface area contributed by atoms with Crippen LogP contribution in [0.15, 0.2) is 23.1 Å². The van der Waals surface area contributed by atoms with Crippen molar-refractivity contribution < 1.29 is 13.9 Å². The van der Waals surface area contributed by atoms with Crippen LogP contribution in [-0.4, -0.2) is 54.3 Å². The van der Waals surface area contributed by atoms with Crippen molar-refractivity contribution in [2.45, 2.75) is 45.8 Å². The zero-order chi connectivity index (χ0) is 21.7. The number of anilines is 1. The molecule has 3 atom stereocenters. The zero-order valence-corrected chi connectivity index (χ0v) is 18.1. The molecule has 160 valence electrons. The normalized spacial score (nSPS) is 23.8. The van der Waals surface area contributed by atoms with Gasteiger partial charge in [-0.3, -0.25) is 9.69 Å². The third-order valence-electron chi connectivity index (χ3n) is 6.43. The summed E-state index contributed by atoms with van der Waals surface area (Å²) in [4.78, 5) is 29.8. The number of likely N-dealkylation sites (N-methyl/N-ethyl adjacent to an activating group) is 1. The van der Waals surface area contributed by atoms with Crippen LogP contribution in [0, 0.1) is 5.82 Å². The lowest BCUT2D eigenvalue weighted by molar-refractivity contribution is 0.0524. The summed E-state index contributed by atoms with van der Waals surface area (Å²) >= 11 is 0. The van der Waals surface area contributed by atoms with E-state index >= 15 is 4.39 Å². The standard InChI is InChI=1S/C23H28FN3O3/c1-6-30-23(29)18-12-27-13(2)7-8-16-20(27)17(22(18)28)9-19(24)21(16)26-10-14(3)25(5)15(4)11-26/h7-9,12-15H,6,10-11H2,1-5H3. The number of hydrogen-bond acceptors (Lipinski definition) is 5. The van der Waals surface area contributed by atoms with Gasteiger partial charge in [-0.15, -0.1) is 0 Å². The Hall–Kier alpha value is -2.67. The number of piperazine rings is 1. The molecule has 30 heavy (non-hydrogen) atoms. The van der Waals surface area contributed by atoms with E-state index in [0.29, 0.717) is 29.9 Å². The number of carbonyl (C=O) groups is 1. The first-order valence-electron chi connectivity index (χ1n) is 10.5. The monoisotopic (exact) mass is 413 g/mol. The summed E-state index contributed by atoms with van der Waals surface area (Å²) in [5.41, 5.74) is 1.33. The number of benzene rings is 1. The van der Waals surface area contributed by atoms with Gasteiger partial charge in [0.2, 0.25) is 5.43 Å². The molecule has 1 saturated heterocycles. The fourth-order valence-corrected chi connectivity index (χ4v) is 4.58. The molecular weight excluding hydrogens is 385 g/mol. The van der Waals surface area contributed by atoms with E-state index in [4.69, 9.17) is 4.74 Å². The molecule has 6 nitrogen and oxygen atoms in total. The first-order valence-corrected chi connectivity index (χ1v) is 10.5. The van der Waals surface area contributed by atoms with Gasteiger partial charge in [0.25, 0.3) is 0 Å². The van der Waals surface area contributed by atoms with Gasteiger partial charge in [-0.1, -0.05) is 12.2 Å². The molecule has 1 aromatic heterocycles. The van der Waals surface area contributed by atoms with E-state index in [1.54, 1.807) is 13.1 Å². The summed E-state index contributed by atoms with van der Waals surface area (Å²) in [5, 5.41) is 0.211. The van der Waals surface area contributed by atoms with Gasteiger partial charge in [0.05, 0.1) is 23.2 Å². The predicted octanol–water partition coefficient (Wildman–Crippen LogP) is 3.43. The van der Waals surface area contributed by atoms with Crippen LogP contribution < -0.4 is 10.3 Å². The van der Waals surface area contributed by atoms with Gasteiger partial charge in [0, 0.05) is 43.0 Å². The molecule has 0 N–H and O–H groups in total. The highest BCUT2D eigenvalue weighted by atomic mass is 19.1. The van der Waals surface area contributed by atoms with Crippen molar-refractivity contribution in [3.8, 4) is 0 Å². The molecule has 0 aliphatic carbocycles. The number of nitrogens with zero attached hydrogens (tertiary/aromatic N) is 3. The summed E-state index contributed by atoms with van der Waals surface area (Å²) in [6.45, 7) is 9.49. The van der Waals surface area contributed by atoms with Gasteiger partial charge in [-0.25, -0.2) is 9.18 Å². The maximum absolute atomic E-state index is 15.5. The third kappa shape index (κ3) is 3.12. The second kappa shape index (κ2) is 7.54. The topological polar surface area (TPSA) is 54.8 Å². The van der Waals surface area contributed by atoms with E-state index in [0.717, 1.165) is 0 Å². The molecule has 2 aromatic rings. The third-order valence-corrected chi connectivity index (χ3v) is 6.43. The Morgan fingerprint density at radius 2 is 1.90 bits per heavy atom. The molecular formula is C23H28FN3O3. The van der Waals surface area contributed by atoms with Gasteiger partial charge in [-0.2, -0.15) is 0 Å². The number of halogens is 1. The minimum atomic E-state index is -0.678. The molecule has 2 aliphatic rings. The van der Waals surface area contributed by atoms with Crippen LogP contribution in [0.2, 0.25) is 0 Å². The van der Waals surface area contributed by atoms with Gasteiger partial charge in [-0.05, 0) is 40.8 Å². The van der Waals surface area contributed by atoms with Crippen molar-refractivity contribution in [3.05, 3.63) is 45.5 Å². The molecule has 0 spiro atoms. The molecule has 1 aromatic carbocycles. The number of esters is 1. The van der Waals surface area contributed by atoms with E-state index in [2.05, 4.69) is 30.7 Å². The van der Waals surface area contributed by atoms with Gasteiger partial charge in [0.1, 0.15) is 11.4 Å². The Balaban J connectivity index is 1.96. The summed E-state index contributed by atoms with van der Waals surface area (Å²) in [6.07, 6.45) is 5.42. The highest BCUT2D eigenvalue weighted by Gasteiger charge is 2.32. The molecule has 0 bridgehead atoms. The lowest BCUT2D eigenvalue weighted by Crippen LogP contribution is -2.55. The van der Waals surface area contributed by atoms with Crippen LogP contribution in [0.1, 0.15) is 49.7 Å². The van der Waals surface area contributed by atoms with Crippen molar-refractivity contribution in [2.75, 3.05) is 31.6 Å². The van der Waals surface area contributed by atoms with Crippen molar-refractivity contribution >= 4 is 28.6 Å². The Morgan fingerprint density at radius 1 is 1.23 bits per heavy atom. The van der Waals surface area contributed by atoms with Crippen LogP contribution in [-0.2, 0) is 4.74 Å². The minimum absolute atomic E-state index is 0.0635. The minimum Gasteiger partial charge on any atom is -0.462 e. The predicted molar refractivity (Wildman–Crippen MR) is 117 cm³/mol. The number of hydrogen-bond donors (Lipinski definition) is 0. The Morgan fingerprint density at radius 3 is 2.53 bits per heavy atom. The first kappa shape index (κ1) is 20.6. The fraction of sp³-hybridized carbons (Fsp3) is 0.478. The highest BCUT2D eigenvalue weighted by Crippen LogP contribution is 2.38. The molecule has 2 aliphatic heterocycles. The van der Waals surface area contributed by atoms with Crippen LogP contribution >= 0.6 is 0 Å². The second-order valence-electron chi connectivity index (χ2n) is 8.38. The summed E-state index contributed by atoms with van der Waals surface area (Å²) in [6, 6.07) is 1.76. The maximum Gasteiger partial charge on any atom is 0.343 e. The molecule has 1 fully saturated rings. The molecule has 0 amide bonds. The average Bonchev–Trinajstić information content (AvgIpc) is 2.69. The fourth-order valence-electron chi connectivity index (χ4n) is 4.58. The Labute approximate surface area is 175 Å². The lowest BCUT2D eigenvalue weighted by atomic mass is 9.97. The molecule has 3 heterocycles. The van der Waals surface area contributed by atoms with Crippen LogP contribution in [0.25, 0.3) is 17.0 Å². The van der Waals surface area contributed by atoms with Crippen molar-refractivity contribution in [3.63, 3.8) is 0 Å². The molecule has 4 rings (SSSR count). The lowest BCUT2D eigenvalue weighted by Gasteiger charge is -2.44. The molecule has 3 unspecified atom stereocenters. The van der Waals surface area contributed by atoms with Gasteiger partial charge in [0.15, 0.2) is 0 Å². The second-order valence-corrected chi connectivity index (χ2v) is 8.38. The number of pyridine rings is 1. The molecule has 0 radical (unpaired) electrons. The van der Waals surface area contributed by atoms with Crippen molar-refractivity contribution in [1.82, 2.24) is 9.47 Å². The van der Waals surface area contributed by atoms with E-state index < -0.39 is 17.2 Å². The number of aromatic nitrogens is 1. The van der Waals surface area contributed by atoms with Crippen LogP contribution in [0.3, 0.4) is 0 Å². The van der Waals surface area contributed by atoms with Crippen LogP contribution in [0.5, 0.6) is 0 Å². The summed E-state index contributed by atoms with van der Waals surface area (Å²) in [7, 11) is 2.09. The van der Waals surface area contributed by atoms with E-state index in [1.165, 1.54) is 6.07 Å². The van der Waals surface area contributed by atoms with E-state index in [1.807, 2.05) is 23.6 Å². The zero-order valence-electron chi connectivity index (χ0n) is 18.1. The summed E-state index contributed by atoms with van der Waals surface area (Å²) in [5.74, 6) is -1.12. The number of allylic oxidation sites excluding steroid dienone is 1. The molecule has 7 heteroatoms. The van der Waals surface area contributed by atoms with Gasteiger partial charge < -0.3 is 14.2 Å². The van der Waals surface area contributed by atoms with E-state index in [-0.39, 0.29) is 35.7 Å². The average molecular weight is 413 g/mol. The smallest absolute Gasteiger partial charge is 0.343 e. The van der Waals surface area contributed by atoms with Crippen molar-refractivity contribution in [2.24, 2.45) is 0 Å². The van der Waals surface area contributed by atoms with Gasteiger partial charge >= 0.3 is 5.97 Å². The number of rotatable bonds is 3. The summed E-state index contributed by atoms with van der Waals surface area (Å²) < 4.78 is 22.4.